The third-order valence-corrected chi connectivity index (χ3v) is 1.73. The van der Waals surface area contributed by atoms with Crippen molar-refractivity contribution in [1.29, 1.82) is 5.26 Å². The molecule has 0 fully saturated rings. The molecule has 0 radical (unpaired) electrons. The van der Waals surface area contributed by atoms with Gasteiger partial charge >= 0.3 is 0 Å². The Hall–Kier alpha value is -1.54. The largest absolute Gasteiger partial charge is 0.323 e. The first-order valence-corrected chi connectivity index (χ1v) is 3.83. The minimum absolute atomic E-state index is 0.223. The van der Waals surface area contributed by atoms with Gasteiger partial charge < -0.3 is 5.73 Å². The second kappa shape index (κ2) is 4.11. The number of halogens is 3. The molecular weight excluding hydrogens is 193 g/mol. The summed E-state index contributed by atoms with van der Waals surface area (Å²) in [5, 5.41) is 8.29. The number of nitrogens with zero attached hydrogens (tertiary/aromatic N) is 1. The minimum atomic E-state index is -1.07. The normalized spacial score (nSPS) is 12.2. The van der Waals surface area contributed by atoms with E-state index in [1.165, 1.54) is 0 Å². The lowest BCUT2D eigenvalue weighted by molar-refractivity contribution is 0.504. The first-order chi connectivity index (χ1) is 6.56. The van der Waals surface area contributed by atoms with Gasteiger partial charge in [-0.3, -0.25) is 0 Å². The van der Waals surface area contributed by atoms with Crippen LogP contribution in [0.15, 0.2) is 12.1 Å². The molecule has 0 bridgehead atoms. The van der Waals surface area contributed by atoms with Crippen LogP contribution in [0.25, 0.3) is 0 Å². The molecule has 14 heavy (non-hydrogen) atoms. The number of nitrogens with two attached hydrogens (primary N) is 1. The Balaban J connectivity index is 3.15. The standard InChI is InChI=1S/C9H7F3N2/c10-5-3-6(11)9(7(12)4-5)8(14)1-2-13/h3-4,8H,1,14H2/t8-/m1/s1. The van der Waals surface area contributed by atoms with Crippen LogP contribution >= 0.6 is 0 Å². The summed E-state index contributed by atoms with van der Waals surface area (Å²) in [6.07, 6.45) is -0.223. The number of nitriles is 1. The van der Waals surface area contributed by atoms with E-state index in [1.807, 2.05) is 0 Å². The third kappa shape index (κ3) is 2.03. The molecule has 74 valence electrons. The van der Waals surface area contributed by atoms with Crippen molar-refractivity contribution < 1.29 is 13.2 Å². The zero-order valence-electron chi connectivity index (χ0n) is 7.10. The summed E-state index contributed by atoms with van der Waals surface area (Å²) in [4.78, 5) is 0. The molecule has 0 spiro atoms. The number of benzene rings is 1. The monoisotopic (exact) mass is 200 g/mol. The fraction of sp³-hybridized carbons (Fsp3) is 0.222. The van der Waals surface area contributed by atoms with Gasteiger partial charge in [-0.05, 0) is 0 Å². The first-order valence-electron chi connectivity index (χ1n) is 3.83. The zero-order valence-corrected chi connectivity index (χ0v) is 7.10. The van der Waals surface area contributed by atoms with Crippen LogP contribution in [-0.2, 0) is 0 Å². The van der Waals surface area contributed by atoms with Gasteiger partial charge in [0.15, 0.2) is 0 Å². The Morgan fingerprint density at radius 3 is 2.21 bits per heavy atom. The molecule has 5 heteroatoms. The number of rotatable bonds is 2. The second-order valence-electron chi connectivity index (χ2n) is 2.75. The Kier molecular flexibility index (Phi) is 3.10. The van der Waals surface area contributed by atoms with Crippen molar-refractivity contribution in [3.8, 4) is 6.07 Å². The Labute approximate surface area is 78.8 Å². The average molecular weight is 200 g/mol. The van der Waals surface area contributed by atoms with Crippen molar-refractivity contribution in [2.45, 2.75) is 12.5 Å². The van der Waals surface area contributed by atoms with Crippen LogP contribution < -0.4 is 5.73 Å². The van der Waals surface area contributed by atoms with Gasteiger partial charge in [-0.25, -0.2) is 13.2 Å². The van der Waals surface area contributed by atoms with Crippen molar-refractivity contribution >= 4 is 0 Å². The summed E-state index contributed by atoms with van der Waals surface area (Å²) >= 11 is 0. The molecule has 2 N–H and O–H groups in total. The zero-order chi connectivity index (χ0) is 10.7. The molecule has 1 atom stereocenters. The molecule has 0 aromatic heterocycles. The molecule has 1 aromatic carbocycles. The summed E-state index contributed by atoms with van der Waals surface area (Å²) in [6, 6.07) is 1.69. The Bertz CT molecular complexity index is 361. The lowest BCUT2D eigenvalue weighted by Gasteiger charge is -2.10. The van der Waals surface area contributed by atoms with E-state index >= 15 is 0 Å². The summed E-state index contributed by atoms with van der Waals surface area (Å²) < 4.78 is 38.5. The van der Waals surface area contributed by atoms with Gasteiger partial charge in [0.2, 0.25) is 0 Å². The van der Waals surface area contributed by atoms with Crippen LogP contribution in [0.3, 0.4) is 0 Å². The van der Waals surface area contributed by atoms with E-state index in [0.29, 0.717) is 12.1 Å². The SMILES string of the molecule is N#CC[C@@H](N)c1c(F)cc(F)cc1F. The van der Waals surface area contributed by atoms with E-state index in [2.05, 4.69) is 0 Å². The van der Waals surface area contributed by atoms with Crippen LogP contribution in [0.5, 0.6) is 0 Å². The predicted molar refractivity (Wildman–Crippen MR) is 43.5 cm³/mol. The fourth-order valence-electron chi connectivity index (χ4n) is 1.11. The molecule has 0 saturated heterocycles. The van der Waals surface area contributed by atoms with Crippen molar-refractivity contribution in [2.24, 2.45) is 5.73 Å². The molecule has 0 aliphatic carbocycles. The predicted octanol–water partition coefficient (Wildman–Crippen LogP) is 2.02. The molecule has 0 saturated carbocycles. The second-order valence-corrected chi connectivity index (χ2v) is 2.75. The molecular formula is C9H7F3N2. The van der Waals surface area contributed by atoms with Gasteiger partial charge in [0.05, 0.1) is 12.5 Å². The van der Waals surface area contributed by atoms with Crippen molar-refractivity contribution in [3.63, 3.8) is 0 Å². The quantitative estimate of drug-likeness (QED) is 0.793. The molecule has 0 aliphatic rings. The summed E-state index contributed by atoms with van der Waals surface area (Å²) in [5.74, 6) is -3.14. The first kappa shape index (κ1) is 10.5. The number of hydrogen-bond donors (Lipinski definition) is 1. The highest BCUT2D eigenvalue weighted by Crippen LogP contribution is 2.22. The molecule has 0 amide bonds. The Morgan fingerprint density at radius 2 is 1.79 bits per heavy atom. The third-order valence-electron chi connectivity index (χ3n) is 1.73. The van der Waals surface area contributed by atoms with Gasteiger partial charge in [-0.2, -0.15) is 5.26 Å². The molecule has 0 heterocycles. The molecule has 0 aliphatic heterocycles. The van der Waals surface area contributed by atoms with Crippen LogP contribution in [-0.4, -0.2) is 0 Å². The summed E-state index contributed by atoms with van der Waals surface area (Å²) in [5.41, 5.74) is 4.88. The maximum atomic E-state index is 13.0. The van der Waals surface area contributed by atoms with Crippen molar-refractivity contribution in [2.75, 3.05) is 0 Å². The van der Waals surface area contributed by atoms with E-state index in [0.717, 1.165) is 0 Å². The smallest absolute Gasteiger partial charge is 0.133 e. The maximum absolute atomic E-state index is 13.0. The molecule has 2 nitrogen and oxygen atoms in total. The fourth-order valence-corrected chi connectivity index (χ4v) is 1.11. The van der Waals surface area contributed by atoms with E-state index in [1.54, 1.807) is 6.07 Å². The van der Waals surface area contributed by atoms with E-state index in [-0.39, 0.29) is 6.42 Å². The van der Waals surface area contributed by atoms with E-state index in [9.17, 15) is 13.2 Å². The van der Waals surface area contributed by atoms with E-state index in [4.69, 9.17) is 11.0 Å². The van der Waals surface area contributed by atoms with Gasteiger partial charge in [-0.15, -0.1) is 0 Å². The molecule has 0 unspecified atom stereocenters. The summed E-state index contributed by atoms with van der Waals surface area (Å²) in [6.45, 7) is 0. The maximum Gasteiger partial charge on any atom is 0.133 e. The van der Waals surface area contributed by atoms with Crippen LogP contribution in [0, 0.1) is 28.8 Å². The topological polar surface area (TPSA) is 49.8 Å². The van der Waals surface area contributed by atoms with E-state index < -0.39 is 29.1 Å². The van der Waals surface area contributed by atoms with Crippen molar-refractivity contribution in [1.82, 2.24) is 0 Å². The van der Waals surface area contributed by atoms with Gasteiger partial charge in [0.1, 0.15) is 17.5 Å². The Morgan fingerprint density at radius 1 is 1.29 bits per heavy atom. The van der Waals surface area contributed by atoms with Gasteiger partial charge in [-0.1, -0.05) is 0 Å². The summed E-state index contributed by atoms with van der Waals surface area (Å²) in [7, 11) is 0. The van der Waals surface area contributed by atoms with Gasteiger partial charge in [0, 0.05) is 23.7 Å². The highest BCUT2D eigenvalue weighted by molar-refractivity contribution is 5.24. The average Bonchev–Trinajstić information content (AvgIpc) is 2.01. The minimum Gasteiger partial charge on any atom is -0.323 e. The number of hydrogen-bond acceptors (Lipinski definition) is 2. The van der Waals surface area contributed by atoms with Crippen molar-refractivity contribution in [3.05, 3.63) is 35.1 Å². The van der Waals surface area contributed by atoms with Gasteiger partial charge in [0.25, 0.3) is 0 Å². The molecule has 1 aromatic rings. The van der Waals surface area contributed by atoms with Crippen LogP contribution in [0.4, 0.5) is 13.2 Å². The highest BCUT2D eigenvalue weighted by atomic mass is 19.1. The highest BCUT2D eigenvalue weighted by Gasteiger charge is 2.17. The van der Waals surface area contributed by atoms with Crippen LogP contribution in [0.2, 0.25) is 0 Å². The molecule has 1 rings (SSSR count). The van der Waals surface area contributed by atoms with Crippen LogP contribution in [0.1, 0.15) is 18.0 Å². The lowest BCUT2D eigenvalue weighted by Crippen LogP contribution is -2.13. The lowest BCUT2D eigenvalue weighted by atomic mass is 10.0.